The zero-order chi connectivity index (χ0) is 14.0. The van der Waals surface area contributed by atoms with E-state index in [0.29, 0.717) is 6.42 Å². The highest BCUT2D eigenvalue weighted by Crippen LogP contribution is 2.28. The summed E-state index contributed by atoms with van der Waals surface area (Å²) in [6, 6.07) is 2.13. The highest BCUT2D eigenvalue weighted by Gasteiger charge is 2.34. The van der Waals surface area contributed by atoms with Gasteiger partial charge in [0, 0.05) is 35.8 Å². The molecule has 0 saturated carbocycles. The van der Waals surface area contributed by atoms with Crippen molar-refractivity contribution < 1.29 is 4.79 Å². The first kappa shape index (κ1) is 14.8. The number of thiophene rings is 1. The molecule has 3 nitrogen and oxygen atoms in total. The summed E-state index contributed by atoms with van der Waals surface area (Å²) in [6.45, 7) is 5.82. The Morgan fingerprint density at radius 1 is 1.63 bits per heavy atom. The number of amides is 1. The molecule has 1 amide bonds. The van der Waals surface area contributed by atoms with Gasteiger partial charge in [-0.05, 0) is 24.3 Å². The number of carbonyl (C=O) groups is 1. The van der Waals surface area contributed by atoms with Crippen LogP contribution in [0.1, 0.15) is 31.6 Å². The lowest BCUT2D eigenvalue weighted by Gasteiger charge is -2.42. The molecule has 0 radical (unpaired) electrons. The largest absolute Gasteiger partial charge is 0.342 e. The smallest absolute Gasteiger partial charge is 0.222 e. The van der Waals surface area contributed by atoms with E-state index in [-0.39, 0.29) is 17.4 Å². The molecular formula is C14H21ClN2OS. The van der Waals surface area contributed by atoms with E-state index in [1.807, 2.05) is 16.3 Å². The van der Waals surface area contributed by atoms with Crippen LogP contribution >= 0.6 is 22.9 Å². The fourth-order valence-electron chi connectivity index (χ4n) is 2.46. The summed E-state index contributed by atoms with van der Waals surface area (Å²) in [6.07, 6.45) is 2.23. The number of nitrogens with two attached hydrogens (primary N) is 1. The number of rotatable bonds is 3. The zero-order valence-corrected chi connectivity index (χ0v) is 13.1. The lowest BCUT2D eigenvalue weighted by molar-refractivity contribution is -0.134. The molecule has 0 aliphatic carbocycles. The van der Waals surface area contributed by atoms with Crippen LogP contribution in [0.5, 0.6) is 0 Å². The van der Waals surface area contributed by atoms with Gasteiger partial charge >= 0.3 is 0 Å². The van der Waals surface area contributed by atoms with E-state index in [0.717, 1.165) is 31.0 Å². The van der Waals surface area contributed by atoms with Crippen molar-refractivity contribution >= 4 is 28.8 Å². The van der Waals surface area contributed by atoms with Crippen LogP contribution in [0.15, 0.2) is 11.4 Å². The molecule has 2 rings (SSSR count). The maximum Gasteiger partial charge on any atom is 0.222 e. The zero-order valence-electron chi connectivity index (χ0n) is 11.5. The number of hydrogen-bond donors (Lipinski definition) is 1. The molecule has 0 aromatic carbocycles. The molecule has 1 unspecified atom stereocenters. The van der Waals surface area contributed by atoms with E-state index >= 15 is 0 Å². The van der Waals surface area contributed by atoms with Crippen LogP contribution < -0.4 is 5.73 Å². The highest BCUT2D eigenvalue weighted by molar-refractivity contribution is 7.10. The van der Waals surface area contributed by atoms with Crippen LogP contribution in [0.2, 0.25) is 5.02 Å². The summed E-state index contributed by atoms with van der Waals surface area (Å²) in [5, 5.41) is 2.67. The van der Waals surface area contributed by atoms with E-state index in [1.54, 1.807) is 11.3 Å². The molecule has 1 saturated heterocycles. The molecule has 1 aromatic heterocycles. The van der Waals surface area contributed by atoms with E-state index < -0.39 is 0 Å². The second kappa shape index (κ2) is 5.81. The van der Waals surface area contributed by atoms with Gasteiger partial charge < -0.3 is 10.6 Å². The van der Waals surface area contributed by atoms with Gasteiger partial charge in [-0.2, -0.15) is 0 Å². The minimum Gasteiger partial charge on any atom is -0.342 e. The van der Waals surface area contributed by atoms with Gasteiger partial charge in [0.2, 0.25) is 5.91 Å². The predicted octanol–water partition coefficient (Wildman–Crippen LogP) is 2.92. The van der Waals surface area contributed by atoms with E-state index in [9.17, 15) is 4.79 Å². The van der Waals surface area contributed by atoms with Crippen molar-refractivity contribution in [2.75, 3.05) is 13.1 Å². The van der Waals surface area contributed by atoms with Gasteiger partial charge in [-0.3, -0.25) is 4.79 Å². The summed E-state index contributed by atoms with van der Waals surface area (Å²) in [4.78, 5) is 15.4. The molecule has 19 heavy (non-hydrogen) atoms. The first-order valence-electron chi connectivity index (χ1n) is 6.65. The topological polar surface area (TPSA) is 46.3 Å². The SMILES string of the molecule is CC1(C)CN(C(=O)CCc2cc(Cl)cs2)CCC1N. The molecule has 106 valence electrons. The van der Waals surface area contributed by atoms with Crippen LogP contribution in [-0.4, -0.2) is 29.9 Å². The third kappa shape index (κ3) is 3.71. The monoisotopic (exact) mass is 300 g/mol. The average Bonchev–Trinajstić information content (AvgIpc) is 2.75. The first-order chi connectivity index (χ1) is 8.88. The number of halogens is 1. The van der Waals surface area contributed by atoms with Crippen molar-refractivity contribution in [3.63, 3.8) is 0 Å². The molecule has 5 heteroatoms. The Kier molecular flexibility index (Phi) is 4.54. The number of likely N-dealkylation sites (tertiary alicyclic amines) is 1. The first-order valence-corrected chi connectivity index (χ1v) is 7.90. The molecule has 1 aliphatic rings. The lowest BCUT2D eigenvalue weighted by Crippen LogP contribution is -2.54. The van der Waals surface area contributed by atoms with Gasteiger partial charge in [0.15, 0.2) is 0 Å². The Labute approximate surface area is 123 Å². The van der Waals surface area contributed by atoms with Gasteiger partial charge in [0.05, 0.1) is 5.02 Å². The van der Waals surface area contributed by atoms with Gasteiger partial charge in [-0.1, -0.05) is 25.4 Å². The molecule has 1 aromatic rings. The lowest BCUT2D eigenvalue weighted by atomic mass is 9.79. The third-order valence-electron chi connectivity index (χ3n) is 3.87. The minimum absolute atomic E-state index is 0.0140. The fourth-order valence-corrected chi connectivity index (χ4v) is 3.54. The van der Waals surface area contributed by atoms with Crippen LogP contribution in [0.3, 0.4) is 0 Å². The van der Waals surface area contributed by atoms with Gasteiger partial charge in [0.1, 0.15) is 0 Å². The summed E-state index contributed by atoms with van der Waals surface area (Å²) < 4.78 is 0. The Morgan fingerprint density at radius 2 is 2.37 bits per heavy atom. The maximum atomic E-state index is 12.2. The number of hydrogen-bond acceptors (Lipinski definition) is 3. The average molecular weight is 301 g/mol. The van der Waals surface area contributed by atoms with Crippen molar-refractivity contribution in [2.45, 2.75) is 39.2 Å². The Hall–Kier alpha value is -0.580. The van der Waals surface area contributed by atoms with Crippen LogP contribution in [0.4, 0.5) is 0 Å². The molecule has 2 N–H and O–H groups in total. The Bertz CT molecular complexity index is 458. The Balaban J connectivity index is 1.87. The Morgan fingerprint density at radius 3 is 2.95 bits per heavy atom. The predicted molar refractivity (Wildman–Crippen MR) is 80.6 cm³/mol. The second-order valence-corrected chi connectivity index (χ2v) is 7.36. The molecule has 2 heterocycles. The highest BCUT2D eigenvalue weighted by atomic mass is 35.5. The maximum absolute atomic E-state index is 12.2. The summed E-state index contributed by atoms with van der Waals surface area (Å²) in [5.74, 6) is 0.226. The number of piperidine rings is 1. The van der Waals surface area contributed by atoms with Crippen LogP contribution in [0.25, 0.3) is 0 Å². The van der Waals surface area contributed by atoms with E-state index in [1.165, 1.54) is 4.88 Å². The van der Waals surface area contributed by atoms with Crippen LogP contribution in [-0.2, 0) is 11.2 Å². The number of nitrogens with zero attached hydrogens (tertiary/aromatic N) is 1. The summed E-state index contributed by atoms with van der Waals surface area (Å²) in [7, 11) is 0. The summed E-state index contributed by atoms with van der Waals surface area (Å²) >= 11 is 7.49. The molecule has 1 atom stereocenters. The van der Waals surface area contributed by atoms with Gasteiger partial charge in [0.25, 0.3) is 0 Å². The van der Waals surface area contributed by atoms with Crippen molar-refractivity contribution in [2.24, 2.45) is 11.1 Å². The van der Waals surface area contributed by atoms with Crippen LogP contribution in [0, 0.1) is 5.41 Å². The normalized spacial score (nSPS) is 22.5. The molecule has 1 fully saturated rings. The number of aryl methyl sites for hydroxylation is 1. The standard InChI is InChI=1S/C14H21ClN2OS/c1-14(2)9-17(6-5-12(14)16)13(18)4-3-11-7-10(15)8-19-11/h7-8,12H,3-6,9,16H2,1-2H3. The molecule has 0 bridgehead atoms. The molecule has 0 spiro atoms. The second-order valence-electron chi connectivity index (χ2n) is 5.93. The molecule has 1 aliphatic heterocycles. The quantitative estimate of drug-likeness (QED) is 0.933. The minimum atomic E-state index is 0.0140. The van der Waals surface area contributed by atoms with E-state index in [2.05, 4.69) is 13.8 Å². The molecular weight excluding hydrogens is 280 g/mol. The number of carbonyl (C=O) groups excluding carboxylic acids is 1. The van der Waals surface area contributed by atoms with Crippen molar-refractivity contribution in [1.82, 2.24) is 4.90 Å². The fraction of sp³-hybridized carbons (Fsp3) is 0.643. The van der Waals surface area contributed by atoms with Gasteiger partial charge in [-0.15, -0.1) is 11.3 Å². The van der Waals surface area contributed by atoms with Crippen molar-refractivity contribution in [1.29, 1.82) is 0 Å². The van der Waals surface area contributed by atoms with E-state index in [4.69, 9.17) is 17.3 Å². The van der Waals surface area contributed by atoms with Crippen molar-refractivity contribution in [3.8, 4) is 0 Å². The van der Waals surface area contributed by atoms with Crippen molar-refractivity contribution in [3.05, 3.63) is 21.3 Å². The summed E-state index contributed by atoms with van der Waals surface area (Å²) in [5.41, 5.74) is 6.11. The van der Waals surface area contributed by atoms with Gasteiger partial charge in [-0.25, -0.2) is 0 Å². The third-order valence-corrected chi connectivity index (χ3v) is 5.22.